The van der Waals surface area contributed by atoms with Crippen LogP contribution in [0.3, 0.4) is 0 Å². The number of nitrogens with one attached hydrogen (secondary N) is 1. The quantitative estimate of drug-likeness (QED) is 0.432. The highest BCUT2D eigenvalue weighted by molar-refractivity contribution is 5.92. The van der Waals surface area contributed by atoms with Crippen LogP contribution in [0.1, 0.15) is 18.1 Å². The minimum absolute atomic E-state index is 0.0120. The second-order valence-corrected chi connectivity index (χ2v) is 5.30. The van der Waals surface area contributed by atoms with E-state index in [4.69, 9.17) is 14.7 Å². The average molecular weight is 382 g/mol. The smallest absolute Gasteiger partial charge is 0.416 e. The van der Waals surface area contributed by atoms with E-state index >= 15 is 0 Å². The number of hydrogen-bond donors (Lipinski definition) is 2. The van der Waals surface area contributed by atoms with Crippen molar-refractivity contribution in [2.45, 2.75) is 13.1 Å². The summed E-state index contributed by atoms with van der Waals surface area (Å²) in [5.41, 5.74) is -0.291. The predicted molar refractivity (Wildman–Crippen MR) is 92.6 cm³/mol. The zero-order valence-electron chi connectivity index (χ0n) is 14.3. The van der Waals surface area contributed by atoms with Crippen LogP contribution in [0.2, 0.25) is 0 Å². The number of ether oxygens (including phenoxy) is 2. The average Bonchev–Trinajstić information content (AvgIpc) is 2.61. The van der Waals surface area contributed by atoms with Gasteiger partial charge in [0.25, 0.3) is 5.91 Å². The summed E-state index contributed by atoms with van der Waals surface area (Å²) in [6, 6.07) is 8.98. The van der Waals surface area contributed by atoms with Gasteiger partial charge in [-0.05, 0) is 43.3 Å². The lowest BCUT2D eigenvalue weighted by molar-refractivity contribution is -0.137. The summed E-state index contributed by atoms with van der Waals surface area (Å²) in [5.74, 6) is -0.0225. The van der Waals surface area contributed by atoms with E-state index in [0.29, 0.717) is 17.9 Å². The number of carbonyl (C=O) groups is 1. The van der Waals surface area contributed by atoms with Gasteiger partial charge in [0.05, 0.1) is 18.4 Å². The van der Waals surface area contributed by atoms with Crippen molar-refractivity contribution in [3.8, 4) is 11.5 Å². The summed E-state index contributed by atoms with van der Waals surface area (Å²) >= 11 is 0. The molecule has 9 heteroatoms. The molecule has 2 aromatic rings. The third-order valence-corrected chi connectivity index (χ3v) is 3.31. The number of hydrogen-bond acceptors (Lipinski definition) is 5. The van der Waals surface area contributed by atoms with E-state index in [1.54, 1.807) is 19.1 Å². The number of halogens is 3. The molecule has 0 aliphatic carbocycles. The number of anilines is 1. The number of rotatable bonds is 7. The number of alkyl halides is 3. The molecule has 27 heavy (non-hydrogen) atoms. The largest absolute Gasteiger partial charge is 0.490 e. The summed E-state index contributed by atoms with van der Waals surface area (Å²) in [6.07, 6.45) is -3.30. The van der Waals surface area contributed by atoms with Gasteiger partial charge in [-0.15, -0.1) is 0 Å². The van der Waals surface area contributed by atoms with E-state index in [0.717, 1.165) is 12.1 Å². The predicted octanol–water partition coefficient (Wildman–Crippen LogP) is 3.93. The van der Waals surface area contributed by atoms with Crippen molar-refractivity contribution in [3.63, 3.8) is 0 Å². The minimum Gasteiger partial charge on any atom is -0.490 e. The van der Waals surface area contributed by atoms with Crippen molar-refractivity contribution in [2.75, 3.05) is 18.5 Å². The van der Waals surface area contributed by atoms with Crippen LogP contribution in [-0.2, 0) is 11.0 Å². The molecular weight excluding hydrogens is 365 g/mol. The molecular formula is C18H17F3N2O4. The molecule has 0 radical (unpaired) electrons. The van der Waals surface area contributed by atoms with Gasteiger partial charge in [0.2, 0.25) is 0 Å². The highest BCUT2D eigenvalue weighted by Crippen LogP contribution is 2.31. The van der Waals surface area contributed by atoms with Crippen LogP contribution in [-0.4, -0.2) is 30.5 Å². The number of benzene rings is 2. The number of amides is 1. The summed E-state index contributed by atoms with van der Waals surface area (Å²) < 4.78 is 48.9. The Hall–Kier alpha value is -3.23. The molecule has 0 bridgehead atoms. The molecule has 0 fully saturated rings. The third kappa shape index (κ3) is 5.91. The van der Waals surface area contributed by atoms with Gasteiger partial charge in [0.1, 0.15) is 0 Å². The monoisotopic (exact) mass is 382 g/mol. The molecule has 0 saturated carbocycles. The standard InChI is InChI=1S/C18H17F3N2O4/c1-2-26-16-8-12(10-22-25)6-7-15(16)27-11-17(24)23-14-5-3-4-13(9-14)18(19,20)21/h3-10,25H,2,11H2,1H3,(H,23,24)/b22-10+. The fourth-order valence-corrected chi connectivity index (χ4v) is 2.17. The van der Waals surface area contributed by atoms with E-state index in [9.17, 15) is 18.0 Å². The number of nitrogens with zero attached hydrogens (tertiary/aromatic N) is 1. The van der Waals surface area contributed by atoms with Gasteiger partial charge >= 0.3 is 6.18 Å². The molecule has 0 aliphatic rings. The lowest BCUT2D eigenvalue weighted by Crippen LogP contribution is -2.20. The fourth-order valence-electron chi connectivity index (χ4n) is 2.17. The SMILES string of the molecule is CCOc1cc(/C=N/O)ccc1OCC(=O)Nc1cccc(C(F)(F)F)c1. The molecule has 6 nitrogen and oxygen atoms in total. The number of carbonyl (C=O) groups excluding carboxylic acids is 1. The fraction of sp³-hybridized carbons (Fsp3) is 0.222. The zero-order chi connectivity index (χ0) is 19.9. The van der Waals surface area contributed by atoms with Crippen LogP contribution < -0.4 is 14.8 Å². The first-order valence-corrected chi connectivity index (χ1v) is 7.87. The molecule has 2 rings (SSSR count). The Morgan fingerprint density at radius 3 is 2.63 bits per heavy atom. The maximum absolute atomic E-state index is 12.7. The second-order valence-electron chi connectivity index (χ2n) is 5.30. The summed E-state index contributed by atoms with van der Waals surface area (Å²) in [4.78, 5) is 12.0. The maximum atomic E-state index is 12.7. The van der Waals surface area contributed by atoms with Crippen molar-refractivity contribution >= 4 is 17.8 Å². The lowest BCUT2D eigenvalue weighted by Gasteiger charge is -2.13. The maximum Gasteiger partial charge on any atom is 0.416 e. The summed E-state index contributed by atoms with van der Waals surface area (Å²) in [6.45, 7) is 1.67. The van der Waals surface area contributed by atoms with Crippen LogP contribution in [0, 0.1) is 0 Å². The van der Waals surface area contributed by atoms with Gasteiger partial charge in [0.15, 0.2) is 18.1 Å². The molecule has 0 atom stereocenters. The van der Waals surface area contributed by atoms with Gasteiger partial charge in [-0.25, -0.2) is 0 Å². The van der Waals surface area contributed by atoms with Crippen molar-refractivity contribution in [1.29, 1.82) is 0 Å². The van der Waals surface area contributed by atoms with Gasteiger partial charge in [-0.1, -0.05) is 11.2 Å². The summed E-state index contributed by atoms with van der Waals surface area (Å²) in [5, 5.41) is 13.8. The van der Waals surface area contributed by atoms with Crippen molar-refractivity contribution in [3.05, 3.63) is 53.6 Å². The Balaban J connectivity index is 2.03. The molecule has 0 aromatic heterocycles. The van der Waals surface area contributed by atoms with E-state index in [1.165, 1.54) is 24.4 Å². The van der Waals surface area contributed by atoms with E-state index in [2.05, 4.69) is 10.5 Å². The Labute approximate surface area is 153 Å². The minimum atomic E-state index is -4.50. The van der Waals surface area contributed by atoms with Crippen LogP contribution >= 0.6 is 0 Å². The normalized spacial score (nSPS) is 11.4. The molecule has 0 spiro atoms. The van der Waals surface area contributed by atoms with E-state index in [-0.39, 0.29) is 11.4 Å². The first-order valence-electron chi connectivity index (χ1n) is 7.87. The number of oxime groups is 1. The van der Waals surface area contributed by atoms with E-state index < -0.39 is 24.3 Å². The third-order valence-electron chi connectivity index (χ3n) is 3.31. The molecule has 144 valence electrons. The van der Waals surface area contributed by atoms with Crippen molar-refractivity contribution in [1.82, 2.24) is 0 Å². The van der Waals surface area contributed by atoms with Crippen LogP contribution in [0.5, 0.6) is 11.5 Å². The first-order chi connectivity index (χ1) is 12.8. The van der Waals surface area contributed by atoms with Crippen molar-refractivity contribution < 1.29 is 32.6 Å². The van der Waals surface area contributed by atoms with Crippen LogP contribution in [0.4, 0.5) is 18.9 Å². The molecule has 2 N–H and O–H groups in total. The van der Waals surface area contributed by atoms with Gasteiger partial charge in [-0.2, -0.15) is 13.2 Å². The Kier molecular flexibility index (Phi) is 6.64. The molecule has 0 aliphatic heterocycles. The molecule has 0 unspecified atom stereocenters. The second kappa shape index (κ2) is 8.93. The Morgan fingerprint density at radius 2 is 1.96 bits per heavy atom. The molecule has 2 aromatic carbocycles. The highest BCUT2D eigenvalue weighted by atomic mass is 19.4. The van der Waals surface area contributed by atoms with Gasteiger partial charge in [0, 0.05) is 11.3 Å². The van der Waals surface area contributed by atoms with Crippen LogP contribution in [0.15, 0.2) is 47.6 Å². The topological polar surface area (TPSA) is 80.2 Å². The molecule has 1 amide bonds. The van der Waals surface area contributed by atoms with Crippen molar-refractivity contribution in [2.24, 2.45) is 5.16 Å². The summed E-state index contributed by atoms with van der Waals surface area (Å²) in [7, 11) is 0. The van der Waals surface area contributed by atoms with E-state index in [1.807, 2.05) is 0 Å². The first kappa shape index (κ1) is 20.1. The lowest BCUT2D eigenvalue weighted by atomic mass is 10.2. The zero-order valence-corrected chi connectivity index (χ0v) is 14.3. The highest BCUT2D eigenvalue weighted by Gasteiger charge is 2.30. The molecule has 0 heterocycles. The van der Waals surface area contributed by atoms with Crippen LogP contribution in [0.25, 0.3) is 0 Å². The van der Waals surface area contributed by atoms with Gasteiger partial charge in [-0.3, -0.25) is 4.79 Å². The Morgan fingerprint density at radius 1 is 1.19 bits per heavy atom. The van der Waals surface area contributed by atoms with Gasteiger partial charge < -0.3 is 20.0 Å². The molecule has 0 saturated heterocycles. The Bertz CT molecular complexity index is 822.